The number of allylic oxidation sites excluding steroid dienone is 1. The van der Waals surface area contributed by atoms with Crippen molar-refractivity contribution in [3.8, 4) is 11.5 Å². The Morgan fingerprint density at radius 1 is 1.29 bits per heavy atom. The topological polar surface area (TPSA) is 41.9 Å². The molecule has 0 spiro atoms. The monoisotopic (exact) mass is 331 g/mol. The van der Waals surface area contributed by atoms with Gasteiger partial charge in [0.1, 0.15) is 11.4 Å². The molecule has 0 radical (unpaired) electrons. The molecular formula is C20H29NO3. The fourth-order valence-electron chi connectivity index (χ4n) is 3.93. The van der Waals surface area contributed by atoms with Crippen molar-refractivity contribution in [1.29, 1.82) is 0 Å². The maximum atomic E-state index is 9.59. The van der Waals surface area contributed by atoms with E-state index in [2.05, 4.69) is 32.9 Å². The highest BCUT2D eigenvalue weighted by molar-refractivity contribution is 5.81. The number of benzene rings is 1. The minimum Gasteiger partial charge on any atom is -0.483 e. The number of hydrogen-bond donors (Lipinski definition) is 1. The van der Waals surface area contributed by atoms with Crippen molar-refractivity contribution >= 4 is 5.57 Å². The highest BCUT2D eigenvalue weighted by atomic mass is 16.7. The van der Waals surface area contributed by atoms with Gasteiger partial charge in [-0.15, -0.1) is 5.06 Å². The lowest BCUT2D eigenvalue weighted by Crippen LogP contribution is -2.36. The molecular weight excluding hydrogens is 302 g/mol. The number of aryl methyl sites for hydroxylation is 1. The van der Waals surface area contributed by atoms with E-state index in [4.69, 9.17) is 9.57 Å². The summed E-state index contributed by atoms with van der Waals surface area (Å²) in [6.45, 7) is 8.61. The Hall–Kier alpha value is -1.52. The van der Waals surface area contributed by atoms with E-state index in [1.54, 1.807) is 12.0 Å². The average molecular weight is 331 g/mol. The molecule has 132 valence electrons. The molecule has 1 aliphatic carbocycles. The number of aliphatic hydroxyl groups is 1. The number of hydrogen-bond acceptors (Lipinski definition) is 4. The number of aliphatic hydroxyl groups excluding tert-OH is 1. The summed E-state index contributed by atoms with van der Waals surface area (Å²) in [6, 6.07) is 4.18. The minimum absolute atomic E-state index is 0.251. The lowest BCUT2D eigenvalue weighted by molar-refractivity contribution is -0.0583. The molecule has 0 bridgehead atoms. The molecule has 1 N–H and O–H groups in total. The summed E-state index contributed by atoms with van der Waals surface area (Å²) in [5, 5.41) is 11.3. The van der Waals surface area contributed by atoms with E-state index in [0.717, 1.165) is 35.5 Å². The van der Waals surface area contributed by atoms with Crippen molar-refractivity contribution in [2.24, 2.45) is 0 Å². The van der Waals surface area contributed by atoms with Crippen molar-refractivity contribution in [3.63, 3.8) is 0 Å². The molecule has 3 rings (SSSR count). The molecule has 1 aromatic rings. The first-order valence-corrected chi connectivity index (χ1v) is 8.91. The minimum atomic E-state index is -0.435. The Morgan fingerprint density at radius 2 is 2.00 bits per heavy atom. The Balaban J connectivity index is 2.06. The molecule has 1 aliphatic heterocycles. The summed E-state index contributed by atoms with van der Waals surface area (Å²) >= 11 is 0. The van der Waals surface area contributed by atoms with Gasteiger partial charge < -0.3 is 14.7 Å². The molecule has 2 aliphatic rings. The third-order valence-corrected chi connectivity index (χ3v) is 4.85. The van der Waals surface area contributed by atoms with Gasteiger partial charge in [0.05, 0.1) is 18.2 Å². The van der Waals surface area contributed by atoms with Crippen LogP contribution in [0.4, 0.5) is 0 Å². The summed E-state index contributed by atoms with van der Waals surface area (Å²) in [5.41, 5.74) is 4.78. The summed E-state index contributed by atoms with van der Waals surface area (Å²) in [6.07, 6.45) is 4.18. The van der Waals surface area contributed by atoms with Crippen LogP contribution in [0.15, 0.2) is 17.7 Å². The third kappa shape index (κ3) is 3.31. The first-order valence-electron chi connectivity index (χ1n) is 8.91. The highest BCUT2D eigenvalue weighted by Crippen LogP contribution is 2.50. The highest BCUT2D eigenvalue weighted by Gasteiger charge is 2.37. The fraction of sp³-hybridized carbons (Fsp3) is 0.600. The van der Waals surface area contributed by atoms with E-state index < -0.39 is 6.10 Å². The van der Waals surface area contributed by atoms with Crippen molar-refractivity contribution < 1.29 is 14.7 Å². The number of hydroxylamine groups is 2. The molecule has 0 saturated carbocycles. The van der Waals surface area contributed by atoms with Crippen LogP contribution in [0.1, 0.15) is 57.6 Å². The molecule has 0 aromatic heterocycles. The van der Waals surface area contributed by atoms with E-state index in [1.165, 1.54) is 24.0 Å². The van der Waals surface area contributed by atoms with Crippen LogP contribution in [0.5, 0.6) is 11.5 Å². The zero-order valence-corrected chi connectivity index (χ0v) is 15.5. The van der Waals surface area contributed by atoms with Crippen molar-refractivity contribution in [3.05, 3.63) is 28.8 Å². The lowest BCUT2D eigenvalue weighted by Gasteiger charge is -2.40. The van der Waals surface area contributed by atoms with Crippen LogP contribution in [0.3, 0.4) is 0 Å². The van der Waals surface area contributed by atoms with Gasteiger partial charge in [-0.3, -0.25) is 0 Å². The number of fused-ring (bicyclic) bond motifs is 2. The van der Waals surface area contributed by atoms with Gasteiger partial charge in [-0.1, -0.05) is 0 Å². The standard InChI is InChI=1S/C20H29NO3/c1-13-10-17-19(18(11-13)24-21(5)12-14(2)22)15-8-6-7-9-16(15)20(3,4)23-17/h10-11,14,22H,6-9,12H2,1-5H3. The van der Waals surface area contributed by atoms with Gasteiger partial charge >= 0.3 is 0 Å². The summed E-state index contributed by atoms with van der Waals surface area (Å²) in [5.74, 6) is 1.75. The molecule has 0 amide bonds. The largest absolute Gasteiger partial charge is 0.483 e. The number of nitrogens with zero attached hydrogens (tertiary/aromatic N) is 1. The SMILES string of the molecule is Cc1cc(ON(C)CC(C)O)c2c(c1)OC(C)(C)C1=C2CCCC1. The lowest BCUT2D eigenvalue weighted by atomic mass is 9.77. The molecule has 4 heteroatoms. The number of rotatable bonds is 4. The van der Waals surface area contributed by atoms with E-state index in [0.29, 0.717) is 6.54 Å². The maximum Gasteiger partial charge on any atom is 0.158 e. The van der Waals surface area contributed by atoms with Crippen LogP contribution in [0.2, 0.25) is 0 Å². The smallest absolute Gasteiger partial charge is 0.158 e. The van der Waals surface area contributed by atoms with Crippen LogP contribution in [0.25, 0.3) is 5.57 Å². The van der Waals surface area contributed by atoms with Gasteiger partial charge in [0.25, 0.3) is 0 Å². The predicted molar refractivity (Wildman–Crippen MR) is 96.2 cm³/mol. The first kappa shape index (κ1) is 17.3. The van der Waals surface area contributed by atoms with Gasteiger partial charge in [0, 0.05) is 7.05 Å². The first-order chi connectivity index (χ1) is 11.3. The number of ether oxygens (including phenoxy) is 1. The predicted octanol–water partition coefficient (Wildman–Crippen LogP) is 4.10. The summed E-state index contributed by atoms with van der Waals surface area (Å²) in [7, 11) is 1.85. The maximum absolute atomic E-state index is 9.59. The molecule has 0 fully saturated rings. The molecule has 1 aromatic carbocycles. The molecule has 0 saturated heterocycles. The van der Waals surface area contributed by atoms with Crippen LogP contribution < -0.4 is 9.57 Å². The van der Waals surface area contributed by atoms with Crippen molar-refractivity contribution in [2.45, 2.75) is 65.1 Å². The molecule has 1 atom stereocenters. The van der Waals surface area contributed by atoms with Gasteiger partial charge in [0.2, 0.25) is 0 Å². The van der Waals surface area contributed by atoms with Crippen LogP contribution >= 0.6 is 0 Å². The van der Waals surface area contributed by atoms with Gasteiger partial charge in [-0.25, -0.2) is 0 Å². The van der Waals surface area contributed by atoms with E-state index in [-0.39, 0.29) is 5.60 Å². The van der Waals surface area contributed by atoms with Gasteiger partial charge in [0.15, 0.2) is 5.75 Å². The summed E-state index contributed by atoms with van der Waals surface area (Å²) < 4.78 is 6.37. The van der Waals surface area contributed by atoms with Gasteiger partial charge in [-0.05, 0) is 82.2 Å². The van der Waals surface area contributed by atoms with Crippen LogP contribution in [-0.2, 0) is 0 Å². The Kier molecular flexibility index (Phi) is 4.63. The normalized spacial score (nSPS) is 20.3. The summed E-state index contributed by atoms with van der Waals surface area (Å²) in [4.78, 5) is 6.08. The Morgan fingerprint density at radius 3 is 2.71 bits per heavy atom. The van der Waals surface area contributed by atoms with E-state index >= 15 is 0 Å². The van der Waals surface area contributed by atoms with E-state index in [9.17, 15) is 5.11 Å². The Bertz CT molecular complexity index is 661. The van der Waals surface area contributed by atoms with Crippen molar-refractivity contribution in [2.75, 3.05) is 13.6 Å². The van der Waals surface area contributed by atoms with Crippen LogP contribution in [0, 0.1) is 6.92 Å². The second-order valence-electron chi connectivity index (χ2n) is 7.66. The molecule has 1 unspecified atom stereocenters. The van der Waals surface area contributed by atoms with E-state index in [1.807, 2.05) is 7.05 Å². The van der Waals surface area contributed by atoms with Crippen LogP contribution in [-0.4, -0.2) is 35.5 Å². The average Bonchev–Trinajstić information content (AvgIpc) is 2.45. The fourth-order valence-corrected chi connectivity index (χ4v) is 3.93. The second-order valence-corrected chi connectivity index (χ2v) is 7.66. The zero-order chi connectivity index (χ0) is 17.5. The Labute approximate surface area is 145 Å². The quantitative estimate of drug-likeness (QED) is 0.844. The zero-order valence-electron chi connectivity index (χ0n) is 15.5. The second kappa shape index (κ2) is 6.41. The third-order valence-electron chi connectivity index (χ3n) is 4.85. The molecule has 4 nitrogen and oxygen atoms in total. The molecule has 24 heavy (non-hydrogen) atoms. The van der Waals surface area contributed by atoms with Gasteiger partial charge in [-0.2, -0.15) is 0 Å². The number of likely N-dealkylation sites (N-methyl/N-ethyl adjacent to an activating group) is 1. The van der Waals surface area contributed by atoms with Crippen molar-refractivity contribution in [1.82, 2.24) is 5.06 Å². The molecule has 1 heterocycles.